The van der Waals surface area contributed by atoms with Crippen molar-refractivity contribution in [1.82, 2.24) is 0 Å². The van der Waals surface area contributed by atoms with Crippen LogP contribution in [0.5, 0.6) is 5.75 Å². The molecule has 5 heteroatoms. The minimum absolute atomic E-state index is 0.137. The molecular formula is C16H16N2O3. The Morgan fingerprint density at radius 1 is 1.24 bits per heavy atom. The fourth-order valence-electron chi connectivity index (χ4n) is 2.79. The number of hydrogen-bond donors (Lipinski definition) is 1. The summed E-state index contributed by atoms with van der Waals surface area (Å²) in [5.74, 6) is 0.284. The van der Waals surface area contributed by atoms with E-state index in [1.165, 1.54) is 0 Å². The van der Waals surface area contributed by atoms with Gasteiger partial charge in [0, 0.05) is 36.5 Å². The van der Waals surface area contributed by atoms with Gasteiger partial charge in [-0.05, 0) is 30.5 Å². The Morgan fingerprint density at radius 2 is 2.05 bits per heavy atom. The largest absolute Gasteiger partial charge is 0.508 e. The standard InChI is InChI=1S/C16H16N2O3/c19-16-6-2-1-4-13(16)11-17-9-3-5-12-10-14(18(20)21)7-8-15(12)17/h1-2,4,6-8,10,19H,3,5,9,11H2. The lowest BCUT2D eigenvalue weighted by Crippen LogP contribution is -2.28. The monoisotopic (exact) mass is 284 g/mol. The highest BCUT2D eigenvalue weighted by Crippen LogP contribution is 2.32. The topological polar surface area (TPSA) is 66.6 Å². The molecule has 1 aliphatic heterocycles. The van der Waals surface area contributed by atoms with Crippen LogP contribution >= 0.6 is 0 Å². The summed E-state index contributed by atoms with van der Waals surface area (Å²) >= 11 is 0. The molecule has 0 bridgehead atoms. The number of nitro groups is 1. The second-order valence-electron chi connectivity index (χ2n) is 5.22. The first kappa shape index (κ1) is 13.4. The highest BCUT2D eigenvalue weighted by molar-refractivity contribution is 5.60. The summed E-state index contributed by atoms with van der Waals surface area (Å²) in [4.78, 5) is 12.7. The SMILES string of the molecule is O=[N+]([O-])c1ccc2c(c1)CCCN2Cc1ccccc1O. The lowest BCUT2D eigenvalue weighted by molar-refractivity contribution is -0.384. The molecule has 1 heterocycles. The number of anilines is 1. The summed E-state index contributed by atoms with van der Waals surface area (Å²) < 4.78 is 0. The molecule has 0 amide bonds. The minimum Gasteiger partial charge on any atom is -0.508 e. The average Bonchev–Trinajstić information content (AvgIpc) is 2.49. The molecule has 0 aromatic heterocycles. The first-order valence-electron chi connectivity index (χ1n) is 6.94. The third kappa shape index (κ3) is 2.67. The Bertz CT molecular complexity index is 685. The third-order valence-electron chi connectivity index (χ3n) is 3.84. The number of para-hydroxylation sites is 1. The number of aryl methyl sites for hydroxylation is 1. The second kappa shape index (κ2) is 5.44. The maximum Gasteiger partial charge on any atom is 0.269 e. The van der Waals surface area contributed by atoms with Crippen molar-refractivity contribution in [2.75, 3.05) is 11.4 Å². The van der Waals surface area contributed by atoms with Crippen LogP contribution in [0.1, 0.15) is 17.5 Å². The Morgan fingerprint density at radius 3 is 2.81 bits per heavy atom. The average molecular weight is 284 g/mol. The quantitative estimate of drug-likeness (QED) is 0.694. The summed E-state index contributed by atoms with van der Waals surface area (Å²) in [6.07, 6.45) is 1.82. The van der Waals surface area contributed by atoms with E-state index in [1.807, 2.05) is 18.2 Å². The van der Waals surface area contributed by atoms with Gasteiger partial charge in [0.05, 0.1) is 4.92 Å². The van der Waals surface area contributed by atoms with Gasteiger partial charge < -0.3 is 10.0 Å². The molecule has 1 N–H and O–H groups in total. The fourth-order valence-corrected chi connectivity index (χ4v) is 2.79. The van der Waals surface area contributed by atoms with E-state index in [1.54, 1.807) is 24.3 Å². The smallest absolute Gasteiger partial charge is 0.269 e. The van der Waals surface area contributed by atoms with Crippen LogP contribution < -0.4 is 4.90 Å². The van der Waals surface area contributed by atoms with E-state index in [-0.39, 0.29) is 16.4 Å². The van der Waals surface area contributed by atoms with Gasteiger partial charge in [0.2, 0.25) is 0 Å². The van der Waals surface area contributed by atoms with Crippen LogP contribution in [-0.4, -0.2) is 16.6 Å². The van der Waals surface area contributed by atoms with Crippen molar-refractivity contribution < 1.29 is 10.0 Å². The van der Waals surface area contributed by atoms with E-state index in [2.05, 4.69) is 4.90 Å². The number of phenols is 1. The summed E-state index contributed by atoms with van der Waals surface area (Å²) in [7, 11) is 0. The van der Waals surface area contributed by atoms with Crippen molar-refractivity contribution in [3.05, 3.63) is 63.7 Å². The summed E-state index contributed by atoms with van der Waals surface area (Å²) in [5, 5.41) is 20.8. The number of aromatic hydroxyl groups is 1. The van der Waals surface area contributed by atoms with Crippen LogP contribution in [0.2, 0.25) is 0 Å². The van der Waals surface area contributed by atoms with E-state index >= 15 is 0 Å². The second-order valence-corrected chi connectivity index (χ2v) is 5.22. The molecule has 108 valence electrons. The van der Waals surface area contributed by atoms with Gasteiger partial charge >= 0.3 is 0 Å². The van der Waals surface area contributed by atoms with Gasteiger partial charge in [0.15, 0.2) is 0 Å². The van der Waals surface area contributed by atoms with E-state index in [4.69, 9.17) is 0 Å². The molecule has 0 saturated heterocycles. The molecule has 3 rings (SSSR count). The van der Waals surface area contributed by atoms with Crippen molar-refractivity contribution in [3.8, 4) is 5.75 Å². The van der Waals surface area contributed by atoms with Crippen molar-refractivity contribution in [2.45, 2.75) is 19.4 Å². The Kier molecular flexibility index (Phi) is 3.48. The number of hydrogen-bond acceptors (Lipinski definition) is 4. The summed E-state index contributed by atoms with van der Waals surface area (Å²) in [6, 6.07) is 12.3. The number of benzene rings is 2. The highest BCUT2D eigenvalue weighted by Gasteiger charge is 2.20. The van der Waals surface area contributed by atoms with Crippen molar-refractivity contribution >= 4 is 11.4 Å². The molecule has 0 radical (unpaired) electrons. The molecular weight excluding hydrogens is 268 g/mol. The molecule has 2 aromatic rings. The van der Waals surface area contributed by atoms with Gasteiger partial charge in [-0.15, -0.1) is 0 Å². The van der Waals surface area contributed by atoms with Crippen molar-refractivity contribution in [3.63, 3.8) is 0 Å². The molecule has 0 saturated carbocycles. The van der Waals surface area contributed by atoms with E-state index in [9.17, 15) is 15.2 Å². The van der Waals surface area contributed by atoms with Gasteiger partial charge in [-0.3, -0.25) is 10.1 Å². The maximum atomic E-state index is 10.9. The van der Waals surface area contributed by atoms with Gasteiger partial charge in [-0.2, -0.15) is 0 Å². The van der Waals surface area contributed by atoms with E-state index < -0.39 is 0 Å². The molecule has 0 unspecified atom stereocenters. The normalized spacial score (nSPS) is 13.8. The van der Waals surface area contributed by atoms with Crippen LogP contribution in [-0.2, 0) is 13.0 Å². The third-order valence-corrected chi connectivity index (χ3v) is 3.84. The predicted octanol–water partition coefficient (Wildman–Crippen LogP) is 3.25. The predicted molar refractivity (Wildman–Crippen MR) is 80.6 cm³/mol. The van der Waals surface area contributed by atoms with Gasteiger partial charge in [-0.1, -0.05) is 18.2 Å². The molecule has 2 aromatic carbocycles. The Labute approximate surface area is 122 Å². The van der Waals surface area contributed by atoms with E-state index in [0.717, 1.165) is 36.2 Å². The first-order chi connectivity index (χ1) is 10.1. The molecule has 0 fully saturated rings. The summed E-state index contributed by atoms with van der Waals surface area (Å²) in [6.45, 7) is 1.50. The summed E-state index contributed by atoms with van der Waals surface area (Å²) in [5.41, 5.74) is 3.03. The zero-order chi connectivity index (χ0) is 14.8. The number of rotatable bonds is 3. The van der Waals surface area contributed by atoms with Crippen LogP contribution in [0.15, 0.2) is 42.5 Å². The Balaban J connectivity index is 1.90. The fraction of sp³-hybridized carbons (Fsp3) is 0.250. The minimum atomic E-state index is -0.359. The van der Waals surface area contributed by atoms with Gasteiger partial charge in [0.1, 0.15) is 5.75 Å². The molecule has 1 aliphatic rings. The lowest BCUT2D eigenvalue weighted by Gasteiger charge is -2.31. The number of phenolic OH excluding ortho intramolecular Hbond substituents is 1. The zero-order valence-corrected chi connectivity index (χ0v) is 11.5. The Hall–Kier alpha value is -2.56. The van der Waals surface area contributed by atoms with Crippen molar-refractivity contribution in [1.29, 1.82) is 0 Å². The lowest BCUT2D eigenvalue weighted by atomic mass is 10.00. The molecule has 0 spiro atoms. The van der Waals surface area contributed by atoms with Crippen LogP contribution in [0.25, 0.3) is 0 Å². The van der Waals surface area contributed by atoms with Gasteiger partial charge in [0.25, 0.3) is 5.69 Å². The zero-order valence-electron chi connectivity index (χ0n) is 11.5. The van der Waals surface area contributed by atoms with Gasteiger partial charge in [-0.25, -0.2) is 0 Å². The maximum absolute atomic E-state index is 10.9. The number of nitrogens with zero attached hydrogens (tertiary/aromatic N) is 2. The van der Waals surface area contributed by atoms with Crippen LogP contribution in [0.4, 0.5) is 11.4 Å². The highest BCUT2D eigenvalue weighted by atomic mass is 16.6. The first-order valence-corrected chi connectivity index (χ1v) is 6.94. The molecule has 0 aliphatic carbocycles. The van der Waals surface area contributed by atoms with Crippen molar-refractivity contribution in [2.24, 2.45) is 0 Å². The molecule has 21 heavy (non-hydrogen) atoms. The van der Waals surface area contributed by atoms with E-state index in [0.29, 0.717) is 6.54 Å². The van der Waals surface area contributed by atoms with Crippen LogP contribution in [0.3, 0.4) is 0 Å². The number of fused-ring (bicyclic) bond motifs is 1. The number of non-ortho nitro benzene ring substituents is 1. The molecule has 5 nitrogen and oxygen atoms in total. The van der Waals surface area contributed by atoms with Crippen LogP contribution in [0, 0.1) is 10.1 Å². The number of nitro benzene ring substituents is 1. The molecule has 0 atom stereocenters.